The molecule has 1 N–H and O–H groups in total. The van der Waals surface area contributed by atoms with Gasteiger partial charge >= 0.3 is 0 Å². The average molecular weight is 291 g/mol. The van der Waals surface area contributed by atoms with Crippen LogP contribution in [0.15, 0.2) is 53.6 Å². The second-order valence-electron chi connectivity index (χ2n) is 5.21. The first-order valence-electron chi connectivity index (χ1n) is 7.01. The summed E-state index contributed by atoms with van der Waals surface area (Å²) in [4.78, 5) is 18.7. The number of fused-ring (bicyclic) bond motifs is 2. The summed E-state index contributed by atoms with van der Waals surface area (Å²) in [5.74, 6) is 0. The van der Waals surface area contributed by atoms with Crippen molar-refractivity contribution >= 4 is 21.9 Å². The van der Waals surface area contributed by atoms with Crippen LogP contribution in [0.5, 0.6) is 0 Å². The van der Waals surface area contributed by atoms with Gasteiger partial charge in [-0.2, -0.15) is 0 Å². The number of hydrogen-bond donors (Lipinski definition) is 1. The van der Waals surface area contributed by atoms with Crippen molar-refractivity contribution in [3.05, 3.63) is 64.7 Å². The van der Waals surface area contributed by atoms with E-state index in [0.29, 0.717) is 5.52 Å². The quantitative estimate of drug-likeness (QED) is 0.614. The highest BCUT2D eigenvalue weighted by Gasteiger charge is 2.15. The molecule has 1 atom stereocenters. The fourth-order valence-electron chi connectivity index (χ4n) is 2.66. The van der Waals surface area contributed by atoms with Crippen molar-refractivity contribution in [1.82, 2.24) is 25.0 Å². The van der Waals surface area contributed by atoms with Gasteiger partial charge in [0.15, 0.2) is 5.52 Å². The van der Waals surface area contributed by atoms with Crippen molar-refractivity contribution < 1.29 is 0 Å². The molecule has 0 saturated carbocycles. The Labute approximate surface area is 125 Å². The number of pyridine rings is 2. The zero-order chi connectivity index (χ0) is 15.1. The van der Waals surface area contributed by atoms with Crippen LogP contribution in [0.2, 0.25) is 0 Å². The number of H-pyrrole nitrogens is 1. The minimum absolute atomic E-state index is 0.0311. The molecular weight excluding hydrogens is 278 g/mol. The first-order valence-corrected chi connectivity index (χ1v) is 7.01. The van der Waals surface area contributed by atoms with Gasteiger partial charge in [-0.05, 0) is 36.8 Å². The van der Waals surface area contributed by atoms with E-state index in [0.717, 1.165) is 22.0 Å². The first-order chi connectivity index (χ1) is 10.7. The lowest BCUT2D eigenvalue weighted by atomic mass is 10.1. The minimum atomic E-state index is -0.223. The van der Waals surface area contributed by atoms with Crippen LogP contribution in [0.3, 0.4) is 0 Å². The third-order valence-electron chi connectivity index (χ3n) is 3.88. The lowest BCUT2D eigenvalue weighted by Crippen LogP contribution is -2.10. The summed E-state index contributed by atoms with van der Waals surface area (Å²) in [6, 6.07) is 11.8. The van der Waals surface area contributed by atoms with Crippen molar-refractivity contribution in [2.75, 3.05) is 0 Å². The summed E-state index contributed by atoms with van der Waals surface area (Å²) in [5, 5.41) is 9.21. The van der Waals surface area contributed by atoms with Crippen molar-refractivity contribution in [2.24, 2.45) is 0 Å². The second-order valence-corrected chi connectivity index (χ2v) is 5.21. The highest BCUT2D eigenvalue weighted by Crippen LogP contribution is 2.23. The van der Waals surface area contributed by atoms with E-state index in [9.17, 15) is 4.79 Å². The molecule has 6 nitrogen and oxygen atoms in total. The molecule has 0 amide bonds. The van der Waals surface area contributed by atoms with E-state index in [1.54, 1.807) is 17.1 Å². The van der Waals surface area contributed by atoms with Gasteiger partial charge in [0.05, 0.1) is 17.1 Å². The number of benzene rings is 1. The number of nitrogens with one attached hydrogen (secondary N) is 1. The lowest BCUT2D eigenvalue weighted by Gasteiger charge is -2.13. The van der Waals surface area contributed by atoms with E-state index >= 15 is 0 Å². The number of hydrogen-bond acceptors (Lipinski definition) is 4. The topological polar surface area (TPSA) is 76.5 Å². The molecule has 0 bridgehead atoms. The smallest absolute Gasteiger partial charge is 0.278 e. The molecule has 0 spiro atoms. The fraction of sp³-hybridized carbons (Fsp3) is 0.125. The highest BCUT2D eigenvalue weighted by molar-refractivity contribution is 5.79. The third kappa shape index (κ3) is 1.88. The summed E-state index contributed by atoms with van der Waals surface area (Å²) in [5.41, 5.74) is 2.91. The second kappa shape index (κ2) is 4.77. The van der Waals surface area contributed by atoms with Gasteiger partial charge in [0.25, 0.3) is 5.56 Å². The van der Waals surface area contributed by atoms with Crippen LogP contribution < -0.4 is 5.56 Å². The zero-order valence-electron chi connectivity index (χ0n) is 11.9. The summed E-state index contributed by atoms with van der Waals surface area (Å²) in [6.45, 7) is 2.03. The van der Waals surface area contributed by atoms with Gasteiger partial charge in [-0.3, -0.25) is 9.78 Å². The number of nitrogens with zero attached hydrogens (tertiary/aromatic N) is 4. The molecule has 3 aromatic heterocycles. The maximum absolute atomic E-state index is 11.7. The Bertz CT molecular complexity index is 1030. The average Bonchev–Trinajstić information content (AvgIpc) is 2.99. The maximum atomic E-state index is 11.7. The Morgan fingerprint density at radius 1 is 1.23 bits per heavy atom. The molecule has 6 heteroatoms. The molecule has 0 saturated heterocycles. The zero-order valence-corrected chi connectivity index (χ0v) is 11.9. The molecule has 0 radical (unpaired) electrons. The lowest BCUT2D eigenvalue weighted by molar-refractivity contribution is 0.560. The van der Waals surface area contributed by atoms with Gasteiger partial charge < -0.3 is 4.98 Å². The predicted octanol–water partition coefficient (Wildman–Crippen LogP) is 2.28. The van der Waals surface area contributed by atoms with Gasteiger partial charge in [-0.25, -0.2) is 4.68 Å². The van der Waals surface area contributed by atoms with E-state index in [1.807, 2.05) is 37.3 Å². The van der Waals surface area contributed by atoms with E-state index in [1.165, 1.54) is 0 Å². The summed E-state index contributed by atoms with van der Waals surface area (Å²) >= 11 is 0. The highest BCUT2D eigenvalue weighted by atomic mass is 16.1. The molecule has 1 aromatic carbocycles. The van der Waals surface area contributed by atoms with Gasteiger partial charge in [-0.15, -0.1) is 5.10 Å². The van der Waals surface area contributed by atoms with Crippen molar-refractivity contribution in [1.29, 1.82) is 0 Å². The van der Waals surface area contributed by atoms with Crippen molar-refractivity contribution in [2.45, 2.75) is 13.0 Å². The van der Waals surface area contributed by atoms with E-state index in [4.69, 9.17) is 0 Å². The van der Waals surface area contributed by atoms with Crippen LogP contribution in [0.1, 0.15) is 18.5 Å². The SMILES string of the molecule is CC(c1ccc2ncccc2c1)n1nnc2c(=O)[nH]ccc21. The number of aromatic amines is 1. The molecule has 1 unspecified atom stereocenters. The van der Waals surface area contributed by atoms with E-state index in [-0.39, 0.29) is 11.6 Å². The monoisotopic (exact) mass is 291 g/mol. The molecule has 108 valence electrons. The molecule has 4 rings (SSSR count). The molecule has 22 heavy (non-hydrogen) atoms. The van der Waals surface area contributed by atoms with E-state index < -0.39 is 0 Å². The largest absolute Gasteiger partial charge is 0.327 e. The van der Waals surface area contributed by atoms with Gasteiger partial charge in [0.1, 0.15) is 0 Å². The molecule has 0 aliphatic carbocycles. The van der Waals surface area contributed by atoms with Gasteiger partial charge in [0.2, 0.25) is 0 Å². The van der Waals surface area contributed by atoms with Gasteiger partial charge in [-0.1, -0.05) is 17.3 Å². The molecule has 0 aliphatic rings. The minimum Gasteiger partial charge on any atom is -0.327 e. The molecule has 4 aromatic rings. The third-order valence-corrected chi connectivity index (χ3v) is 3.88. The van der Waals surface area contributed by atoms with Crippen LogP contribution in [-0.2, 0) is 0 Å². The Balaban J connectivity index is 1.86. The number of aromatic nitrogens is 5. The van der Waals surface area contributed by atoms with Crippen LogP contribution >= 0.6 is 0 Å². The fourth-order valence-corrected chi connectivity index (χ4v) is 2.66. The summed E-state index contributed by atoms with van der Waals surface area (Å²) < 4.78 is 1.77. The normalized spacial score (nSPS) is 12.8. The Hall–Kier alpha value is -3.02. The Morgan fingerprint density at radius 3 is 3.05 bits per heavy atom. The molecule has 0 aliphatic heterocycles. The Kier molecular flexibility index (Phi) is 2.75. The van der Waals surface area contributed by atoms with E-state index in [2.05, 4.69) is 26.3 Å². The van der Waals surface area contributed by atoms with Crippen LogP contribution in [0.4, 0.5) is 0 Å². The maximum Gasteiger partial charge on any atom is 0.278 e. The van der Waals surface area contributed by atoms with Crippen molar-refractivity contribution in [3.8, 4) is 0 Å². The Morgan fingerprint density at radius 2 is 2.14 bits per heavy atom. The van der Waals surface area contributed by atoms with Crippen LogP contribution in [-0.4, -0.2) is 25.0 Å². The first kappa shape index (κ1) is 12.7. The predicted molar refractivity (Wildman–Crippen MR) is 83.7 cm³/mol. The van der Waals surface area contributed by atoms with Crippen molar-refractivity contribution in [3.63, 3.8) is 0 Å². The molecular formula is C16H13N5O. The standard InChI is InChI=1S/C16H13N5O/c1-10(11-4-5-13-12(9-11)3-2-7-17-13)21-14-6-8-18-16(22)15(14)19-20-21/h2-10H,1H3,(H,18,22). The van der Waals surface area contributed by atoms with Crippen LogP contribution in [0.25, 0.3) is 21.9 Å². The van der Waals surface area contributed by atoms with Crippen LogP contribution in [0, 0.1) is 0 Å². The number of rotatable bonds is 2. The molecule has 0 fully saturated rings. The summed E-state index contributed by atoms with van der Waals surface area (Å²) in [6.07, 6.45) is 3.39. The molecule has 3 heterocycles. The van der Waals surface area contributed by atoms with Gasteiger partial charge in [0, 0.05) is 17.8 Å². The summed E-state index contributed by atoms with van der Waals surface area (Å²) in [7, 11) is 0.